The van der Waals surface area contributed by atoms with Crippen LogP contribution in [0.15, 0.2) is 18.3 Å². The van der Waals surface area contributed by atoms with Gasteiger partial charge in [0, 0.05) is 37.1 Å². The molecule has 2 heterocycles. The summed E-state index contributed by atoms with van der Waals surface area (Å²) in [5.74, 6) is 1.12. The van der Waals surface area contributed by atoms with Crippen molar-refractivity contribution in [3.05, 3.63) is 29.6 Å². The van der Waals surface area contributed by atoms with Gasteiger partial charge in [0.1, 0.15) is 0 Å². The molecule has 3 unspecified atom stereocenters. The minimum absolute atomic E-state index is 0.241. The van der Waals surface area contributed by atoms with Crippen LogP contribution in [0.2, 0.25) is 0 Å². The Balaban J connectivity index is 1.72. The van der Waals surface area contributed by atoms with Crippen LogP contribution in [0, 0.1) is 5.92 Å². The van der Waals surface area contributed by atoms with Crippen molar-refractivity contribution in [3.8, 4) is 0 Å². The minimum atomic E-state index is 0.241. The highest BCUT2D eigenvalue weighted by Crippen LogP contribution is 2.34. The number of aryl methyl sites for hydroxylation is 1. The van der Waals surface area contributed by atoms with E-state index in [9.17, 15) is 0 Å². The van der Waals surface area contributed by atoms with E-state index in [1.807, 2.05) is 12.3 Å². The van der Waals surface area contributed by atoms with Crippen molar-refractivity contribution in [2.24, 2.45) is 11.7 Å². The average Bonchev–Trinajstić information content (AvgIpc) is 2.91. The highest BCUT2D eigenvalue weighted by molar-refractivity contribution is 5.27. The lowest BCUT2D eigenvalue weighted by Gasteiger charge is -2.30. The zero-order valence-corrected chi connectivity index (χ0v) is 10.8. The van der Waals surface area contributed by atoms with Gasteiger partial charge in [-0.3, -0.25) is 4.98 Å². The maximum absolute atomic E-state index is 6.45. The van der Waals surface area contributed by atoms with Crippen LogP contribution in [0.4, 0.5) is 0 Å². The van der Waals surface area contributed by atoms with Crippen molar-refractivity contribution >= 4 is 0 Å². The van der Waals surface area contributed by atoms with Crippen molar-refractivity contribution in [1.82, 2.24) is 4.98 Å². The predicted octanol–water partition coefficient (Wildman–Crippen LogP) is 2.26. The van der Waals surface area contributed by atoms with Crippen LogP contribution in [0.25, 0.3) is 0 Å². The number of ether oxygens (including phenoxy) is 1. The van der Waals surface area contributed by atoms with Crippen LogP contribution in [0.5, 0.6) is 0 Å². The normalized spacial score (nSPS) is 28.9. The lowest BCUT2D eigenvalue weighted by Crippen LogP contribution is -2.33. The van der Waals surface area contributed by atoms with Gasteiger partial charge in [0.15, 0.2) is 0 Å². The summed E-state index contributed by atoms with van der Waals surface area (Å²) >= 11 is 0. The number of nitrogens with two attached hydrogens (primary N) is 1. The van der Waals surface area contributed by atoms with E-state index < -0.39 is 0 Å². The molecular formula is C15H22N2O. The summed E-state index contributed by atoms with van der Waals surface area (Å²) in [5.41, 5.74) is 9.12. The van der Waals surface area contributed by atoms with Gasteiger partial charge in [-0.2, -0.15) is 0 Å². The highest BCUT2D eigenvalue weighted by Gasteiger charge is 2.29. The third kappa shape index (κ3) is 2.43. The smallest absolute Gasteiger partial charge is 0.0495 e. The molecule has 0 bridgehead atoms. The molecule has 98 valence electrons. The van der Waals surface area contributed by atoms with Gasteiger partial charge in [0.05, 0.1) is 0 Å². The molecular weight excluding hydrogens is 224 g/mol. The first kappa shape index (κ1) is 12.1. The van der Waals surface area contributed by atoms with E-state index in [0.717, 1.165) is 19.6 Å². The van der Waals surface area contributed by atoms with Crippen LogP contribution in [0.1, 0.15) is 42.9 Å². The molecule has 3 nitrogen and oxygen atoms in total. The van der Waals surface area contributed by atoms with Crippen LogP contribution < -0.4 is 5.73 Å². The number of rotatable bonds is 3. The molecule has 1 aromatic rings. The fourth-order valence-electron chi connectivity index (χ4n) is 3.38. The number of hydrogen-bond acceptors (Lipinski definition) is 3. The summed E-state index contributed by atoms with van der Waals surface area (Å²) in [4.78, 5) is 4.59. The van der Waals surface area contributed by atoms with Crippen LogP contribution in [-0.2, 0) is 11.2 Å². The van der Waals surface area contributed by atoms with Crippen molar-refractivity contribution < 1.29 is 4.74 Å². The third-order valence-electron chi connectivity index (χ3n) is 4.38. The second kappa shape index (κ2) is 5.37. The maximum Gasteiger partial charge on any atom is 0.0495 e. The summed E-state index contributed by atoms with van der Waals surface area (Å²) in [6, 6.07) is 4.49. The summed E-state index contributed by atoms with van der Waals surface area (Å²) < 4.78 is 5.44. The second-order valence-electron chi connectivity index (χ2n) is 5.68. The summed E-state index contributed by atoms with van der Waals surface area (Å²) in [6.45, 7) is 1.81. The summed E-state index contributed by atoms with van der Waals surface area (Å²) in [5, 5.41) is 0. The van der Waals surface area contributed by atoms with Crippen molar-refractivity contribution in [2.75, 3.05) is 13.2 Å². The molecule has 3 rings (SSSR count). The molecule has 1 saturated heterocycles. The monoisotopic (exact) mass is 246 g/mol. The Kier molecular flexibility index (Phi) is 3.62. The Morgan fingerprint density at radius 3 is 3.22 bits per heavy atom. The minimum Gasteiger partial charge on any atom is -0.381 e. The molecule has 0 amide bonds. The summed E-state index contributed by atoms with van der Waals surface area (Å²) in [7, 11) is 0. The van der Waals surface area contributed by atoms with Gasteiger partial charge in [0.25, 0.3) is 0 Å². The molecule has 2 N–H and O–H groups in total. The number of hydrogen-bond donors (Lipinski definition) is 1. The zero-order chi connectivity index (χ0) is 12.4. The first-order chi connectivity index (χ1) is 8.84. The Labute approximate surface area is 109 Å². The van der Waals surface area contributed by atoms with E-state index in [4.69, 9.17) is 10.5 Å². The topological polar surface area (TPSA) is 48.1 Å². The molecule has 3 atom stereocenters. The summed E-state index contributed by atoms with van der Waals surface area (Å²) in [6.07, 6.45) is 7.77. The molecule has 2 aliphatic rings. The van der Waals surface area contributed by atoms with E-state index in [0.29, 0.717) is 11.8 Å². The number of aromatic nitrogens is 1. The standard InChI is InChI=1S/C15H22N2O/c16-14(9-11-6-8-18-10-11)13-5-1-3-12-4-2-7-17-15(12)13/h2,4,7,11,13-14H,1,3,5-6,8-10,16H2. The molecule has 0 spiro atoms. The van der Waals surface area contributed by atoms with Gasteiger partial charge in [-0.15, -0.1) is 0 Å². The maximum atomic E-state index is 6.45. The lowest BCUT2D eigenvalue weighted by atomic mass is 9.79. The largest absolute Gasteiger partial charge is 0.381 e. The number of pyridine rings is 1. The van der Waals surface area contributed by atoms with Crippen LogP contribution in [-0.4, -0.2) is 24.2 Å². The zero-order valence-electron chi connectivity index (χ0n) is 10.8. The molecule has 1 aromatic heterocycles. The van der Waals surface area contributed by atoms with Crippen molar-refractivity contribution in [2.45, 2.75) is 44.1 Å². The molecule has 0 radical (unpaired) electrons. The van der Waals surface area contributed by atoms with Crippen molar-refractivity contribution in [3.63, 3.8) is 0 Å². The Bertz CT molecular complexity index is 401. The number of nitrogens with zero attached hydrogens (tertiary/aromatic N) is 1. The van der Waals surface area contributed by atoms with E-state index in [1.54, 1.807) is 0 Å². The van der Waals surface area contributed by atoms with Gasteiger partial charge in [0.2, 0.25) is 0 Å². The van der Waals surface area contributed by atoms with Gasteiger partial charge in [-0.25, -0.2) is 0 Å². The fraction of sp³-hybridized carbons (Fsp3) is 0.667. The van der Waals surface area contributed by atoms with E-state index in [2.05, 4.69) is 11.1 Å². The lowest BCUT2D eigenvalue weighted by molar-refractivity contribution is 0.181. The quantitative estimate of drug-likeness (QED) is 0.890. The third-order valence-corrected chi connectivity index (χ3v) is 4.38. The first-order valence-electron chi connectivity index (χ1n) is 7.11. The van der Waals surface area contributed by atoms with Crippen molar-refractivity contribution in [1.29, 1.82) is 0 Å². The molecule has 3 heteroatoms. The Morgan fingerprint density at radius 2 is 2.39 bits per heavy atom. The fourth-order valence-corrected chi connectivity index (χ4v) is 3.38. The first-order valence-corrected chi connectivity index (χ1v) is 7.11. The van der Waals surface area contributed by atoms with Gasteiger partial charge < -0.3 is 10.5 Å². The highest BCUT2D eigenvalue weighted by atomic mass is 16.5. The Hall–Kier alpha value is -0.930. The van der Waals surface area contributed by atoms with Gasteiger partial charge in [-0.05, 0) is 49.7 Å². The van der Waals surface area contributed by atoms with Crippen LogP contribution in [0.3, 0.4) is 0 Å². The van der Waals surface area contributed by atoms with Gasteiger partial charge >= 0.3 is 0 Å². The molecule has 1 aliphatic carbocycles. The van der Waals surface area contributed by atoms with E-state index >= 15 is 0 Å². The molecule has 1 aliphatic heterocycles. The molecule has 1 fully saturated rings. The van der Waals surface area contributed by atoms with Gasteiger partial charge in [-0.1, -0.05) is 6.07 Å². The average molecular weight is 246 g/mol. The molecule has 0 saturated carbocycles. The molecule has 0 aromatic carbocycles. The van der Waals surface area contributed by atoms with E-state index in [-0.39, 0.29) is 6.04 Å². The second-order valence-corrected chi connectivity index (χ2v) is 5.68. The number of fused-ring (bicyclic) bond motifs is 1. The van der Waals surface area contributed by atoms with Crippen LogP contribution >= 0.6 is 0 Å². The van der Waals surface area contributed by atoms with E-state index in [1.165, 1.54) is 36.9 Å². The SMILES string of the molecule is NC(CC1CCOC1)C1CCCc2cccnc21. The molecule has 18 heavy (non-hydrogen) atoms. The Morgan fingerprint density at radius 1 is 1.44 bits per heavy atom. The predicted molar refractivity (Wildman–Crippen MR) is 71.4 cm³/mol.